The Morgan fingerprint density at radius 1 is 1.13 bits per heavy atom. The van der Waals surface area contributed by atoms with Gasteiger partial charge in [-0.15, -0.1) is 0 Å². The van der Waals surface area contributed by atoms with Crippen molar-refractivity contribution in [2.24, 2.45) is 11.8 Å². The van der Waals surface area contributed by atoms with Crippen molar-refractivity contribution in [3.05, 3.63) is 0 Å². The molecule has 2 nitrogen and oxygen atoms in total. The van der Waals surface area contributed by atoms with E-state index in [0.717, 1.165) is 12.0 Å². The Balaban J connectivity index is 1.80. The summed E-state index contributed by atoms with van der Waals surface area (Å²) in [6, 6.07) is 1.33. The highest BCUT2D eigenvalue weighted by atomic mass is 16.3. The number of nitrogens with one attached hydrogen (secondary N) is 1. The first-order chi connectivity index (χ1) is 7.29. The second-order valence-electron chi connectivity index (χ2n) is 5.62. The zero-order chi connectivity index (χ0) is 10.7. The third-order valence-corrected chi connectivity index (χ3v) is 4.28. The van der Waals surface area contributed by atoms with Crippen LogP contribution in [0.1, 0.15) is 51.9 Å². The van der Waals surface area contributed by atoms with Gasteiger partial charge in [-0.3, -0.25) is 0 Å². The number of rotatable bonds is 3. The quantitative estimate of drug-likeness (QED) is 0.751. The molecule has 2 rings (SSSR count). The summed E-state index contributed by atoms with van der Waals surface area (Å²) >= 11 is 0. The second kappa shape index (κ2) is 5.31. The normalized spacial score (nSPS) is 42.0. The third kappa shape index (κ3) is 2.94. The molecule has 0 aromatic rings. The number of aliphatic hydroxyl groups is 1. The zero-order valence-corrected chi connectivity index (χ0v) is 9.91. The summed E-state index contributed by atoms with van der Waals surface area (Å²) in [5.74, 6) is 1.42. The van der Waals surface area contributed by atoms with E-state index in [-0.39, 0.29) is 0 Å². The minimum absolute atomic E-state index is 0.375. The van der Waals surface area contributed by atoms with Crippen molar-refractivity contribution in [2.75, 3.05) is 6.61 Å². The second-order valence-corrected chi connectivity index (χ2v) is 5.62. The van der Waals surface area contributed by atoms with Crippen molar-refractivity contribution < 1.29 is 5.11 Å². The first-order valence-corrected chi connectivity index (χ1v) is 6.66. The van der Waals surface area contributed by atoms with E-state index in [1.807, 2.05) is 0 Å². The summed E-state index contributed by atoms with van der Waals surface area (Å²) in [7, 11) is 0. The molecule has 2 aliphatic rings. The summed E-state index contributed by atoms with van der Waals surface area (Å²) in [5.41, 5.74) is 0. The van der Waals surface area contributed by atoms with E-state index >= 15 is 0 Å². The predicted octanol–water partition coefficient (Wildman–Crippen LogP) is 2.32. The predicted molar refractivity (Wildman–Crippen MR) is 62.8 cm³/mol. The van der Waals surface area contributed by atoms with Crippen LogP contribution < -0.4 is 5.32 Å². The highest BCUT2D eigenvalue weighted by Gasteiger charge is 2.29. The molecule has 0 spiro atoms. The van der Waals surface area contributed by atoms with Gasteiger partial charge in [-0.05, 0) is 37.5 Å². The summed E-state index contributed by atoms with van der Waals surface area (Å²) in [4.78, 5) is 0. The van der Waals surface area contributed by atoms with Crippen LogP contribution >= 0.6 is 0 Å². The smallest absolute Gasteiger partial charge is 0.0474 e. The van der Waals surface area contributed by atoms with Gasteiger partial charge < -0.3 is 10.4 Å². The highest BCUT2D eigenvalue weighted by Crippen LogP contribution is 2.29. The van der Waals surface area contributed by atoms with Crippen LogP contribution in [0.3, 0.4) is 0 Å². The Bertz CT molecular complexity index is 195. The molecule has 0 aromatic carbocycles. The van der Waals surface area contributed by atoms with E-state index in [4.69, 9.17) is 0 Å². The van der Waals surface area contributed by atoms with E-state index in [2.05, 4.69) is 12.2 Å². The van der Waals surface area contributed by atoms with E-state index < -0.39 is 0 Å². The SMILES string of the molecule is CC1CCCC(NC2CCCC2CO)C1. The monoisotopic (exact) mass is 211 g/mol. The Labute approximate surface area is 93.5 Å². The van der Waals surface area contributed by atoms with Crippen molar-refractivity contribution in [2.45, 2.75) is 64.0 Å². The van der Waals surface area contributed by atoms with Crippen LogP contribution in [0.25, 0.3) is 0 Å². The zero-order valence-electron chi connectivity index (χ0n) is 9.91. The molecule has 2 N–H and O–H groups in total. The lowest BCUT2D eigenvalue weighted by molar-refractivity contribution is 0.187. The molecule has 0 heterocycles. The lowest BCUT2D eigenvalue weighted by atomic mass is 9.86. The standard InChI is InChI=1S/C13H25NO/c1-10-4-2-6-12(8-10)14-13-7-3-5-11(13)9-15/h10-15H,2-9H2,1H3. The molecule has 2 aliphatic carbocycles. The maximum atomic E-state index is 9.28. The molecule has 2 saturated carbocycles. The molecule has 0 saturated heterocycles. The average molecular weight is 211 g/mol. The Hall–Kier alpha value is -0.0800. The summed E-state index contributed by atoms with van der Waals surface area (Å²) < 4.78 is 0. The molecule has 88 valence electrons. The molecule has 4 atom stereocenters. The molecule has 0 amide bonds. The number of hydrogen-bond donors (Lipinski definition) is 2. The van der Waals surface area contributed by atoms with Gasteiger partial charge in [0, 0.05) is 18.7 Å². The Morgan fingerprint density at radius 3 is 2.67 bits per heavy atom. The number of hydrogen-bond acceptors (Lipinski definition) is 2. The molecular weight excluding hydrogens is 186 g/mol. The van der Waals surface area contributed by atoms with Gasteiger partial charge in [-0.25, -0.2) is 0 Å². The topological polar surface area (TPSA) is 32.3 Å². The van der Waals surface area contributed by atoms with Gasteiger partial charge in [-0.1, -0.05) is 26.2 Å². The molecule has 0 aromatic heterocycles. The van der Waals surface area contributed by atoms with E-state index in [1.165, 1.54) is 44.9 Å². The van der Waals surface area contributed by atoms with Crippen molar-refractivity contribution in [1.82, 2.24) is 5.32 Å². The average Bonchev–Trinajstić information content (AvgIpc) is 2.65. The fourth-order valence-electron chi connectivity index (χ4n) is 3.36. The first-order valence-electron chi connectivity index (χ1n) is 6.66. The first kappa shape index (κ1) is 11.4. The lowest BCUT2D eigenvalue weighted by Gasteiger charge is -2.31. The van der Waals surface area contributed by atoms with Crippen molar-refractivity contribution in [3.8, 4) is 0 Å². The highest BCUT2D eigenvalue weighted by molar-refractivity contribution is 4.87. The minimum Gasteiger partial charge on any atom is -0.396 e. The minimum atomic E-state index is 0.375. The van der Waals surface area contributed by atoms with Crippen LogP contribution in [0.5, 0.6) is 0 Å². The molecule has 0 bridgehead atoms. The van der Waals surface area contributed by atoms with Gasteiger partial charge >= 0.3 is 0 Å². The van der Waals surface area contributed by atoms with Crippen LogP contribution in [0.4, 0.5) is 0 Å². The maximum absolute atomic E-state index is 9.28. The van der Waals surface area contributed by atoms with Gasteiger partial charge in [0.25, 0.3) is 0 Å². The van der Waals surface area contributed by atoms with E-state index in [9.17, 15) is 5.11 Å². The molecule has 2 heteroatoms. The van der Waals surface area contributed by atoms with Gasteiger partial charge in [0.15, 0.2) is 0 Å². The van der Waals surface area contributed by atoms with Crippen molar-refractivity contribution in [1.29, 1.82) is 0 Å². The van der Waals surface area contributed by atoms with E-state index in [0.29, 0.717) is 18.6 Å². The molecule has 4 unspecified atom stereocenters. The van der Waals surface area contributed by atoms with Crippen LogP contribution in [-0.4, -0.2) is 23.8 Å². The van der Waals surface area contributed by atoms with Crippen molar-refractivity contribution >= 4 is 0 Å². The van der Waals surface area contributed by atoms with Crippen molar-refractivity contribution in [3.63, 3.8) is 0 Å². The van der Waals surface area contributed by atoms with E-state index in [1.54, 1.807) is 0 Å². The van der Waals surface area contributed by atoms with Crippen LogP contribution in [0.15, 0.2) is 0 Å². The summed E-state index contributed by atoms with van der Waals surface area (Å²) in [5, 5.41) is 13.1. The molecule has 15 heavy (non-hydrogen) atoms. The van der Waals surface area contributed by atoms with Gasteiger partial charge in [0.05, 0.1) is 0 Å². The lowest BCUT2D eigenvalue weighted by Crippen LogP contribution is -2.43. The Kier molecular flexibility index (Phi) is 4.04. The fraction of sp³-hybridized carbons (Fsp3) is 1.00. The fourth-order valence-corrected chi connectivity index (χ4v) is 3.36. The number of aliphatic hydroxyl groups excluding tert-OH is 1. The molecule has 0 radical (unpaired) electrons. The van der Waals surface area contributed by atoms with Gasteiger partial charge in [0.1, 0.15) is 0 Å². The summed E-state index contributed by atoms with van der Waals surface area (Å²) in [6.07, 6.45) is 9.27. The Morgan fingerprint density at radius 2 is 1.93 bits per heavy atom. The molecule has 0 aliphatic heterocycles. The van der Waals surface area contributed by atoms with Crippen LogP contribution in [0.2, 0.25) is 0 Å². The maximum Gasteiger partial charge on any atom is 0.0474 e. The van der Waals surface area contributed by atoms with Crippen LogP contribution in [-0.2, 0) is 0 Å². The molecular formula is C13H25NO. The third-order valence-electron chi connectivity index (χ3n) is 4.28. The largest absolute Gasteiger partial charge is 0.396 e. The van der Waals surface area contributed by atoms with Gasteiger partial charge in [-0.2, -0.15) is 0 Å². The van der Waals surface area contributed by atoms with Crippen LogP contribution in [0, 0.1) is 11.8 Å². The summed E-state index contributed by atoms with van der Waals surface area (Å²) in [6.45, 7) is 2.74. The van der Waals surface area contributed by atoms with Gasteiger partial charge in [0.2, 0.25) is 0 Å². The molecule has 2 fully saturated rings.